The summed E-state index contributed by atoms with van der Waals surface area (Å²) in [5.41, 5.74) is 1.64. The summed E-state index contributed by atoms with van der Waals surface area (Å²) in [4.78, 5) is 3.24. The Kier molecular flexibility index (Phi) is 3.18. The zero-order valence-electron chi connectivity index (χ0n) is 11.2. The minimum atomic E-state index is 0.663. The zero-order chi connectivity index (χ0) is 13.9. The van der Waals surface area contributed by atoms with Crippen LogP contribution in [-0.4, -0.2) is 11.5 Å². The van der Waals surface area contributed by atoms with Crippen molar-refractivity contribution in [1.29, 1.82) is 5.26 Å². The largest absolute Gasteiger partial charge is 0.466 e. The molecule has 0 saturated carbocycles. The summed E-state index contributed by atoms with van der Waals surface area (Å²) in [6, 6.07) is 14.0. The molecule has 0 aliphatic rings. The van der Waals surface area contributed by atoms with Gasteiger partial charge in [-0.25, -0.2) is 0 Å². The van der Waals surface area contributed by atoms with Gasteiger partial charge in [-0.3, -0.25) is 0 Å². The van der Waals surface area contributed by atoms with E-state index in [4.69, 9.17) is 4.42 Å². The third kappa shape index (κ3) is 2.26. The van der Waals surface area contributed by atoms with Crippen LogP contribution in [0.2, 0.25) is 0 Å². The second-order valence-electron chi connectivity index (χ2n) is 4.72. The molecule has 0 atom stereocenters. The number of benzene rings is 1. The van der Waals surface area contributed by atoms with Crippen LogP contribution in [-0.2, 0) is 6.42 Å². The lowest BCUT2D eigenvalue weighted by Gasteiger charge is -2.02. The maximum atomic E-state index is 9.30. The Balaban J connectivity index is 1.76. The number of hydrogen-bond donors (Lipinski definition) is 2. The van der Waals surface area contributed by atoms with Gasteiger partial charge in [-0.1, -0.05) is 18.2 Å². The van der Waals surface area contributed by atoms with E-state index in [1.807, 2.05) is 43.3 Å². The molecule has 0 aliphatic heterocycles. The van der Waals surface area contributed by atoms with Crippen molar-refractivity contribution >= 4 is 16.7 Å². The Labute approximate surface area is 117 Å². The third-order valence-electron chi connectivity index (χ3n) is 3.29. The number of nitrogens with one attached hydrogen (secondary N) is 2. The fourth-order valence-corrected chi connectivity index (χ4v) is 2.32. The highest BCUT2D eigenvalue weighted by molar-refractivity contribution is 5.91. The molecule has 20 heavy (non-hydrogen) atoms. The number of aromatic nitrogens is 1. The van der Waals surface area contributed by atoms with Gasteiger partial charge in [0, 0.05) is 23.9 Å². The quantitative estimate of drug-likeness (QED) is 0.757. The van der Waals surface area contributed by atoms with Crippen molar-refractivity contribution in [2.45, 2.75) is 13.3 Å². The first-order valence-corrected chi connectivity index (χ1v) is 6.58. The minimum Gasteiger partial charge on any atom is -0.466 e. The SMILES string of the molecule is Cc1ccc(CCNc2[nH]c3ccccc3c2C#N)o1. The van der Waals surface area contributed by atoms with Crippen LogP contribution in [0.5, 0.6) is 0 Å². The molecule has 3 rings (SSSR count). The van der Waals surface area contributed by atoms with Gasteiger partial charge in [-0.2, -0.15) is 5.26 Å². The van der Waals surface area contributed by atoms with Gasteiger partial charge in [-0.15, -0.1) is 0 Å². The molecular formula is C16H15N3O. The van der Waals surface area contributed by atoms with Crippen LogP contribution in [0.3, 0.4) is 0 Å². The fourth-order valence-electron chi connectivity index (χ4n) is 2.32. The molecule has 0 spiro atoms. The van der Waals surface area contributed by atoms with E-state index in [0.717, 1.165) is 34.7 Å². The summed E-state index contributed by atoms with van der Waals surface area (Å²) < 4.78 is 5.52. The molecule has 4 heteroatoms. The van der Waals surface area contributed by atoms with Crippen LogP contribution in [0.1, 0.15) is 17.1 Å². The van der Waals surface area contributed by atoms with Gasteiger partial charge in [0.05, 0.1) is 0 Å². The first-order chi connectivity index (χ1) is 9.78. The number of anilines is 1. The summed E-state index contributed by atoms with van der Waals surface area (Å²) in [6.45, 7) is 2.65. The summed E-state index contributed by atoms with van der Waals surface area (Å²) in [5.74, 6) is 2.64. The fraction of sp³-hybridized carbons (Fsp3) is 0.188. The Morgan fingerprint density at radius 2 is 2.10 bits per heavy atom. The number of nitrogens with zero attached hydrogens (tertiary/aromatic N) is 1. The Morgan fingerprint density at radius 1 is 1.25 bits per heavy atom. The lowest BCUT2D eigenvalue weighted by molar-refractivity contribution is 0.486. The van der Waals surface area contributed by atoms with Gasteiger partial charge in [0.2, 0.25) is 0 Å². The maximum Gasteiger partial charge on any atom is 0.122 e. The van der Waals surface area contributed by atoms with Crippen molar-refractivity contribution in [3.8, 4) is 6.07 Å². The van der Waals surface area contributed by atoms with E-state index < -0.39 is 0 Å². The van der Waals surface area contributed by atoms with E-state index in [2.05, 4.69) is 16.4 Å². The molecule has 0 aliphatic carbocycles. The predicted octanol–water partition coefficient (Wildman–Crippen LogP) is 3.60. The second kappa shape index (κ2) is 5.14. The van der Waals surface area contributed by atoms with Gasteiger partial charge in [0.25, 0.3) is 0 Å². The van der Waals surface area contributed by atoms with Gasteiger partial charge in [0.15, 0.2) is 0 Å². The van der Waals surface area contributed by atoms with Gasteiger partial charge >= 0.3 is 0 Å². The summed E-state index contributed by atoms with van der Waals surface area (Å²) >= 11 is 0. The van der Waals surface area contributed by atoms with Gasteiger partial charge in [-0.05, 0) is 25.1 Å². The Bertz CT molecular complexity index is 776. The van der Waals surface area contributed by atoms with Crippen LogP contribution in [0, 0.1) is 18.3 Å². The summed E-state index contributed by atoms with van der Waals surface area (Å²) in [5, 5.41) is 13.5. The highest BCUT2D eigenvalue weighted by atomic mass is 16.3. The van der Waals surface area contributed by atoms with Crippen molar-refractivity contribution in [2.24, 2.45) is 0 Å². The molecule has 0 radical (unpaired) electrons. The van der Waals surface area contributed by atoms with Crippen molar-refractivity contribution in [2.75, 3.05) is 11.9 Å². The average molecular weight is 265 g/mol. The molecular weight excluding hydrogens is 250 g/mol. The van der Waals surface area contributed by atoms with Crippen molar-refractivity contribution in [3.63, 3.8) is 0 Å². The number of H-pyrrole nitrogens is 1. The van der Waals surface area contributed by atoms with Crippen LogP contribution in [0.15, 0.2) is 40.8 Å². The van der Waals surface area contributed by atoms with E-state index >= 15 is 0 Å². The first-order valence-electron chi connectivity index (χ1n) is 6.58. The number of para-hydroxylation sites is 1. The molecule has 0 unspecified atom stereocenters. The molecule has 0 amide bonds. The number of furan rings is 1. The number of hydrogen-bond acceptors (Lipinski definition) is 3. The molecule has 0 saturated heterocycles. The number of nitriles is 1. The van der Waals surface area contributed by atoms with Crippen LogP contribution in [0.25, 0.3) is 10.9 Å². The van der Waals surface area contributed by atoms with E-state index in [-0.39, 0.29) is 0 Å². The molecule has 2 heterocycles. The topological polar surface area (TPSA) is 64.8 Å². The van der Waals surface area contributed by atoms with Crippen LogP contribution < -0.4 is 5.32 Å². The molecule has 1 aromatic carbocycles. The van der Waals surface area contributed by atoms with E-state index in [9.17, 15) is 5.26 Å². The predicted molar refractivity (Wildman–Crippen MR) is 78.7 cm³/mol. The molecule has 3 aromatic rings. The van der Waals surface area contributed by atoms with Crippen LogP contribution >= 0.6 is 0 Å². The van der Waals surface area contributed by atoms with Gasteiger partial charge in [0.1, 0.15) is 29.0 Å². The normalized spacial score (nSPS) is 10.6. The van der Waals surface area contributed by atoms with Crippen molar-refractivity contribution < 1.29 is 4.42 Å². The summed E-state index contributed by atoms with van der Waals surface area (Å²) in [7, 11) is 0. The molecule has 100 valence electrons. The molecule has 0 bridgehead atoms. The van der Waals surface area contributed by atoms with Crippen molar-refractivity contribution in [1.82, 2.24) is 4.98 Å². The van der Waals surface area contributed by atoms with E-state index in [1.165, 1.54) is 0 Å². The van der Waals surface area contributed by atoms with E-state index in [0.29, 0.717) is 12.1 Å². The van der Waals surface area contributed by atoms with Gasteiger partial charge < -0.3 is 14.7 Å². The Morgan fingerprint density at radius 3 is 2.85 bits per heavy atom. The molecule has 2 aromatic heterocycles. The second-order valence-corrected chi connectivity index (χ2v) is 4.72. The average Bonchev–Trinajstić information content (AvgIpc) is 3.02. The lowest BCUT2D eigenvalue weighted by atomic mass is 10.2. The standard InChI is InChI=1S/C16H15N3O/c1-11-6-7-12(20-11)8-9-18-16-14(10-17)13-4-2-3-5-15(13)19-16/h2-7,18-19H,8-9H2,1H3. The maximum absolute atomic E-state index is 9.30. The monoisotopic (exact) mass is 265 g/mol. The molecule has 2 N–H and O–H groups in total. The van der Waals surface area contributed by atoms with E-state index in [1.54, 1.807) is 0 Å². The zero-order valence-corrected chi connectivity index (χ0v) is 11.2. The highest BCUT2D eigenvalue weighted by Crippen LogP contribution is 2.25. The number of aromatic amines is 1. The number of fused-ring (bicyclic) bond motifs is 1. The van der Waals surface area contributed by atoms with Crippen molar-refractivity contribution in [3.05, 3.63) is 53.5 Å². The first kappa shape index (κ1) is 12.4. The smallest absolute Gasteiger partial charge is 0.122 e. The molecule has 4 nitrogen and oxygen atoms in total. The highest BCUT2D eigenvalue weighted by Gasteiger charge is 2.10. The summed E-state index contributed by atoms with van der Waals surface area (Å²) in [6.07, 6.45) is 0.786. The molecule has 0 fully saturated rings. The number of rotatable bonds is 4. The Hall–Kier alpha value is -2.67. The lowest BCUT2D eigenvalue weighted by Crippen LogP contribution is -2.05. The third-order valence-corrected chi connectivity index (χ3v) is 3.29. The minimum absolute atomic E-state index is 0.663. The number of aryl methyl sites for hydroxylation is 1. The van der Waals surface area contributed by atoms with Crippen LogP contribution in [0.4, 0.5) is 5.82 Å².